The van der Waals surface area contributed by atoms with Crippen LogP contribution < -0.4 is 4.74 Å². The molecule has 0 amide bonds. The Morgan fingerprint density at radius 2 is 2.05 bits per heavy atom. The quantitative estimate of drug-likeness (QED) is 0.465. The highest BCUT2D eigenvalue weighted by Crippen LogP contribution is 2.31. The van der Waals surface area contributed by atoms with Gasteiger partial charge in [0.2, 0.25) is 0 Å². The predicted octanol–water partition coefficient (Wildman–Crippen LogP) is 2.33. The average Bonchev–Trinajstić information content (AvgIpc) is 2.45. The first-order valence-corrected chi connectivity index (χ1v) is 8.62. The molecule has 0 radical (unpaired) electrons. The zero-order valence-corrected chi connectivity index (χ0v) is 12.6. The van der Waals surface area contributed by atoms with Crippen LogP contribution in [0.4, 0.5) is 5.69 Å². The van der Waals surface area contributed by atoms with Crippen molar-refractivity contribution in [1.82, 2.24) is 0 Å². The van der Waals surface area contributed by atoms with E-state index < -0.39 is 14.0 Å². The Morgan fingerprint density at radius 3 is 2.62 bits per heavy atom. The van der Waals surface area contributed by atoms with E-state index in [1.165, 1.54) is 12.1 Å². The number of non-ortho nitro benzene ring substituents is 1. The summed E-state index contributed by atoms with van der Waals surface area (Å²) in [4.78, 5) is 9.64. The number of nitro benzene ring substituents is 1. The normalized spacial score (nSPS) is 16.6. The van der Waals surface area contributed by atoms with Crippen LogP contribution in [0.2, 0.25) is 0 Å². The molecule has 0 unspecified atom stereocenters. The van der Waals surface area contributed by atoms with Crippen molar-refractivity contribution >= 4 is 25.4 Å². The van der Waals surface area contributed by atoms with Gasteiger partial charge in [0.15, 0.2) is 0 Å². The molecule has 1 aromatic rings. The summed E-state index contributed by atoms with van der Waals surface area (Å²) in [6.45, 7) is 1.62. The van der Waals surface area contributed by atoms with E-state index in [9.17, 15) is 18.5 Å². The zero-order chi connectivity index (χ0) is 15.5. The average molecular weight is 336 g/mol. The summed E-state index contributed by atoms with van der Waals surface area (Å²) in [6.07, 6.45) is 1.66. The maximum Gasteiger partial charge on any atom is 0.271 e. The Balaban J connectivity index is 2.19. The lowest BCUT2D eigenvalue weighted by Crippen LogP contribution is -2.21. The van der Waals surface area contributed by atoms with Crippen molar-refractivity contribution in [2.75, 3.05) is 19.8 Å². The van der Waals surface area contributed by atoms with Gasteiger partial charge in [-0.15, -0.1) is 0 Å². The van der Waals surface area contributed by atoms with E-state index in [0.29, 0.717) is 19.8 Å². The minimum absolute atomic E-state index is 0.0297. The van der Waals surface area contributed by atoms with Gasteiger partial charge in [-0.1, -0.05) is 0 Å². The van der Waals surface area contributed by atoms with Crippen LogP contribution in [0.15, 0.2) is 23.1 Å². The van der Waals surface area contributed by atoms with Crippen molar-refractivity contribution < 1.29 is 22.8 Å². The first kappa shape index (κ1) is 16.0. The first-order chi connectivity index (χ1) is 9.88. The van der Waals surface area contributed by atoms with Crippen LogP contribution in [-0.4, -0.2) is 33.2 Å². The van der Waals surface area contributed by atoms with Gasteiger partial charge in [-0.05, 0) is 24.8 Å². The Kier molecular flexibility index (Phi) is 5.02. The van der Waals surface area contributed by atoms with E-state index in [0.717, 1.165) is 18.9 Å². The number of nitrogens with zero attached hydrogens (tertiary/aromatic N) is 1. The van der Waals surface area contributed by atoms with Crippen LogP contribution in [-0.2, 0) is 13.8 Å². The summed E-state index contributed by atoms with van der Waals surface area (Å²) in [5, 5.41) is 10.7. The van der Waals surface area contributed by atoms with Gasteiger partial charge in [-0.25, -0.2) is 8.42 Å². The minimum Gasteiger partial charge on any atom is -0.492 e. The zero-order valence-electron chi connectivity index (χ0n) is 11.0. The van der Waals surface area contributed by atoms with Crippen LogP contribution in [0.3, 0.4) is 0 Å². The number of rotatable bonds is 5. The van der Waals surface area contributed by atoms with Gasteiger partial charge in [-0.3, -0.25) is 10.1 Å². The molecular weight excluding hydrogens is 322 g/mol. The lowest BCUT2D eigenvalue weighted by molar-refractivity contribution is -0.385. The van der Waals surface area contributed by atoms with Gasteiger partial charge in [0.05, 0.1) is 11.5 Å². The van der Waals surface area contributed by atoms with Gasteiger partial charge >= 0.3 is 0 Å². The van der Waals surface area contributed by atoms with Gasteiger partial charge in [0.1, 0.15) is 10.6 Å². The second-order valence-electron chi connectivity index (χ2n) is 4.69. The highest BCUT2D eigenvalue weighted by atomic mass is 35.7. The van der Waals surface area contributed by atoms with E-state index in [-0.39, 0.29) is 22.3 Å². The highest BCUT2D eigenvalue weighted by molar-refractivity contribution is 8.13. The Labute approximate surface area is 126 Å². The second-order valence-corrected chi connectivity index (χ2v) is 7.23. The lowest BCUT2D eigenvalue weighted by Gasteiger charge is -2.22. The number of ether oxygens (including phenoxy) is 2. The van der Waals surface area contributed by atoms with E-state index >= 15 is 0 Å². The van der Waals surface area contributed by atoms with E-state index in [1.54, 1.807) is 0 Å². The van der Waals surface area contributed by atoms with Crippen LogP contribution in [0, 0.1) is 16.0 Å². The maximum atomic E-state index is 11.5. The first-order valence-electron chi connectivity index (χ1n) is 6.31. The molecule has 0 N–H and O–H groups in total. The van der Waals surface area contributed by atoms with Crippen molar-refractivity contribution in [2.45, 2.75) is 17.7 Å². The van der Waals surface area contributed by atoms with E-state index in [4.69, 9.17) is 20.2 Å². The predicted molar refractivity (Wildman–Crippen MR) is 75.2 cm³/mol. The van der Waals surface area contributed by atoms with E-state index in [1.807, 2.05) is 0 Å². The molecule has 1 saturated heterocycles. The molecular formula is C12H14ClNO6S. The third-order valence-electron chi connectivity index (χ3n) is 3.22. The van der Waals surface area contributed by atoms with Crippen LogP contribution in [0.1, 0.15) is 12.8 Å². The molecule has 0 aliphatic carbocycles. The molecule has 9 heteroatoms. The van der Waals surface area contributed by atoms with E-state index in [2.05, 4.69) is 0 Å². The summed E-state index contributed by atoms with van der Waals surface area (Å²) >= 11 is 0. The molecule has 1 aliphatic heterocycles. The van der Waals surface area contributed by atoms with Gasteiger partial charge in [-0.2, -0.15) is 0 Å². The van der Waals surface area contributed by atoms with Crippen LogP contribution >= 0.6 is 10.7 Å². The van der Waals surface area contributed by atoms with Crippen molar-refractivity contribution in [2.24, 2.45) is 5.92 Å². The second kappa shape index (κ2) is 6.59. The largest absolute Gasteiger partial charge is 0.492 e. The number of benzene rings is 1. The summed E-state index contributed by atoms with van der Waals surface area (Å²) in [6, 6.07) is 3.35. The van der Waals surface area contributed by atoms with Crippen molar-refractivity contribution in [3.63, 3.8) is 0 Å². The monoisotopic (exact) mass is 335 g/mol. The Morgan fingerprint density at radius 1 is 1.38 bits per heavy atom. The van der Waals surface area contributed by atoms with Gasteiger partial charge < -0.3 is 9.47 Å². The molecule has 7 nitrogen and oxygen atoms in total. The fourth-order valence-corrected chi connectivity index (χ4v) is 3.03. The molecule has 0 bridgehead atoms. The molecule has 21 heavy (non-hydrogen) atoms. The number of nitro groups is 1. The standard InChI is InChI=1S/C12H14ClNO6S/c13-21(17,18)12-7-10(14(15)16)1-2-11(12)20-8-9-3-5-19-6-4-9/h1-2,7,9H,3-6,8H2. The molecule has 0 atom stereocenters. The number of halogens is 1. The molecule has 0 spiro atoms. The van der Waals surface area contributed by atoms with Crippen molar-refractivity contribution in [1.29, 1.82) is 0 Å². The van der Waals surface area contributed by atoms with Crippen LogP contribution in [0.5, 0.6) is 5.75 Å². The fourth-order valence-electron chi connectivity index (χ4n) is 2.04. The summed E-state index contributed by atoms with van der Waals surface area (Å²) < 4.78 is 33.8. The fraction of sp³-hybridized carbons (Fsp3) is 0.500. The van der Waals surface area contributed by atoms with Crippen molar-refractivity contribution in [3.05, 3.63) is 28.3 Å². The smallest absolute Gasteiger partial charge is 0.271 e. The van der Waals surface area contributed by atoms with Gasteiger partial charge in [0, 0.05) is 36.0 Å². The summed E-state index contributed by atoms with van der Waals surface area (Å²) in [5.41, 5.74) is -0.354. The Hall–Kier alpha value is -1.38. The SMILES string of the molecule is O=[N+]([O-])c1ccc(OCC2CCOCC2)c(S(=O)(=O)Cl)c1. The molecule has 0 saturated carbocycles. The molecule has 1 heterocycles. The third-order valence-corrected chi connectivity index (χ3v) is 4.56. The molecule has 0 aromatic heterocycles. The molecule has 1 aliphatic rings. The number of hydrogen-bond donors (Lipinski definition) is 0. The summed E-state index contributed by atoms with van der Waals surface area (Å²) in [5.74, 6) is 0.293. The molecule has 1 aromatic carbocycles. The highest BCUT2D eigenvalue weighted by Gasteiger charge is 2.22. The van der Waals surface area contributed by atoms with Crippen LogP contribution in [0.25, 0.3) is 0 Å². The number of hydrogen-bond acceptors (Lipinski definition) is 6. The molecule has 116 valence electrons. The summed E-state index contributed by atoms with van der Waals surface area (Å²) in [7, 11) is 1.19. The van der Waals surface area contributed by atoms with Gasteiger partial charge in [0.25, 0.3) is 14.7 Å². The minimum atomic E-state index is -4.12. The molecule has 1 fully saturated rings. The Bertz CT molecular complexity index is 627. The third kappa shape index (κ3) is 4.29. The maximum absolute atomic E-state index is 11.5. The topological polar surface area (TPSA) is 95.7 Å². The molecule has 2 rings (SSSR count). The van der Waals surface area contributed by atoms with Crippen molar-refractivity contribution in [3.8, 4) is 5.75 Å². The lowest BCUT2D eigenvalue weighted by atomic mass is 10.0.